The standard InChI is InChI=1S/C28H32Cl2O2/c1-2-3-19-4-6-20(7-5-19)21-8-10-22(11-9-21)23-12-15-25(16-13-23)32-28(31)26-17-14-24(29)18-27(26)30/h2,12-22H,1,3-11H2/t19-,20-,21-,22-. The number of hydrogen-bond donors (Lipinski definition) is 0. The second kappa shape index (κ2) is 10.9. The van der Waals surface area contributed by atoms with Crippen LogP contribution in [0.25, 0.3) is 0 Å². The molecule has 0 N–H and O–H groups in total. The second-order valence-corrected chi connectivity index (χ2v) is 10.3. The van der Waals surface area contributed by atoms with Gasteiger partial charge in [-0.1, -0.05) is 41.4 Å². The number of rotatable bonds is 6. The van der Waals surface area contributed by atoms with Gasteiger partial charge in [0.2, 0.25) is 0 Å². The molecule has 2 aliphatic rings. The Labute approximate surface area is 202 Å². The van der Waals surface area contributed by atoms with Crippen molar-refractivity contribution in [3.63, 3.8) is 0 Å². The van der Waals surface area contributed by atoms with E-state index in [0.717, 1.165) is 17.8 Å². The summed E-state index contributed by atoms with van der Waals surface area (Å²) in [5.74, 6) is 3.39. The summed E-state index contributed by atoms with van der Waals surface area (Å²) in [6.07, 6.45) is 14.1. The van der Waals surface area contributed by atoms with Crippen LogP contribution in [0.3, 0.4) is 0 Å². The summed E-state index contributed by atoms with van der Waals surface area (Å²) in [7, 11) is 0. The van der Waals surface area contributed by atoms with Crippen molar-refractivity contribution >= 4 is 29.2 Å². The summed E-state index contributed by atoms with van der Waals surface area (Å²) in [6, 6.07) is 12.8. The Bertz CT molecular complexity index is 921. The molecule has 0 spiro atoms. The fraction of sp³-hybridized carbons (Fsp3) is 0.464. The van der Waals surface area contributed by atoms with Gasteiger partial charge in [-0.15, -0.1) is 6.58 Å². The van der Waals surface area contributed by atoms with E-state index in [0.29, 0.717) is 27.3 Å². The van der Waals surface area contributed by atoms with Gasteiger partial charge in [0.15, 0.2) is 0 Å². The third-order valence-electron chi connectivity index (χ3n) is 7.54. The molecule has 2 fully saturated rings. The molecule has 2 aliphatic carbocycles. The van der Waals surface area contributed by atoms with Gasteiger partial charge in [0.05, 0.1) is 10.6 Å². The van der Waals surface area contributed by atoms with Crippen molar-refractivity contribution in [2.24, 2.45) is 17.8 Å². The monoisotopic (exact) mass is 470 g/mol. The molecule has 4 rings (SSSR count). The molecule has 0 atom stereocenters. The molecule has 0 amide bonds. The van der Waals surface area contributed by atoms with Crippen molar-refractivity contribution in [1.82, 2.24) is 0 Å². The van der Waals surface area contributed by atoms with Crippen LogP contribution in [0.2, 0.25) is 10.0 Å². The molecule has 0 unspecified atom stereocenters. The maximum absolute atomic E-state index is 12.4. The van der Waals surface area contributed by atoms with Gasteiger partial charge in [-0.3, -0.25) is 0 Å². The van der Waals surface area contributed by atoms with Gasteiger partial charge in [-0.05, 0) is 117 Å². The van der Waals surface area contributed by atoms with Gasteiger partial charge in [-0.25, -0.2) is 4.79 Å². The number of ether oxygens (including phenoxy) is 1. The zero-order valence-electron chi connectivity index (χ0n) is 18.6. The van der Waals surface area contributed by atoms with E-state index in [4.69, 9.17) is 27.9 Å². The molecule has 2 aromatic carbocycles. The minimum atomic E-state index is -0.470. The molecular formula is C28H32Cl2O2. The Balaban J connectivity index is 1.28. The Morgan fingerprint density at radius 3 is 2.12 bits per heavy atom. The Morgan fingerprint density at radius 2 is 1.53 bits per heavy atom. The lowest BCUT2D eigenvalue weighted by atomic mass is 9.68. The Hall–Kier alpha value is -1.77. The predicted octanol–water partition coefficient (Wildman–Crippen LogP) is 8.87. The van der Waals surface area contributed by atoms with Crippen molar-refractivity contribution < 1.29 is 9.53 Å². The predicted molar refractivity (Wildman–Crippen MR) is 133 cm³/mol. The molecule has 2 nitrogen and oxygen atoms in total. The average molecular weight is 471 g/mol. The summed E-state index contributed by atoms with van der Waals surface area (Å²) >= 11 is 12.0. The first-order valence-electron chi connectivity index (χ1n) is 11.9. The summed E-state index contributed by atoms with van der Waals surface area (Å²) in [6.45, 7) is 3.91. The molecule has 32 heavy (non-hydrogen) atoms. The van der Waals surface area contributed by atoms with E-state index in [2.05, 4.69) is 24.8 Å². The SMILES string of the molecule is C=CC[C@H]1CC[C@H]([C@H]2CC[C@H](c3ccc(OC(=O)c4ccc(Cl)cc4Cl)cc3)CC2)CC1. The van der Waals surface area contributed by atoms with Crippen LogP contribution >= 0.6 is 23.2 Å². The Morgan fingerprint density at radius 1 is 0.906 bits per heavy atom. The van der Waals surface area contributed by atoms with E-state index in [1.807, 2.05) is 12.1 Å². The third kappa shape index (κ3) is 5.77. The molecule has 0 saturated heterocycles. The number of carbonyl (C=O) groups excluding carboxylic acids is 1. The fourth-order valence-electron chi connectivity index (χ4n) is 5.68. The van der Waals surface area contributed by atoms with Crippen molar-refractivity contribution in [2.75, 3.05) is 0 Å². The fourth-order valence-corrected chi connectivity index (χ4v) is 6.17. The van der Waals surface area contributed by atoms with Gasteiger partial charge < -0.3 is 4.74 Å². The molecule has 4 heteroatoms. The van der Waals surface area contributed by atoms with Gasteiger partial charge in [0.1, 0.15) is 5.75 Å². The Kier molecular flexibility index (Phi) is 7.97. The maximum Gasteiger partial charge on any atom is 0.345 e. The van der Waals surface area contributed by atoms with E-state index >= 15 is 0 Å². The highest BCUT2D eigenvalue weighted by Gasteiger charge is 2.31. The quantitative estimate of drug-likeness (QED) is 0.239. The number of hydrogen-bond acceptors (Lipinski definition) is 2. The average Bonchev–Trinajstić information content (AvgIpc) is 2.80. The molecule has 2 aromatic rings. The summed E-state index contributed by atoms with van der Waals surface area (Å²) in [5, 5.41) is 0.788. The molecule has 0 aromatic heterocycles. The number of allylic oxidation sites excluding steroid dienone is 1. The highest BCUT2D eigenvalue weighted by molar-refractivity contribution is 6.36. The van der Waals surface area contributed by atoms with Gasteiger partial charge in [0, 0.05) is 5.02 Å². The first kappa shape index (κ1) is 23.4. The maximum atomic E-state index is 12.4. The second-order valence-electron chi connectivity index (χ2n) is 9.50. The molecule has 2 saturated carbocycles. The van der Waals surface area contributed by atoms with E-state index < -0.39 is 5.97 Å². The minimum absolute atomic E-state index is 0.296. The van der Waals surface area contributed by atoms with Crippen molar-refractivity contribution in [2.45, 2.75) is 63.7 Å². The van der Waals surface area contributed by atoms with Crippen LogP contribution in [-0.4, -0.2) is 5.97 Å². The van der Waals surface area contributed by atoms with Gasteiger partial charge in [0.25, 0.3) is 0 Å². The van der Waals surface area contributed by atoms with Crippen LogP contribution in [-0.2, 0) is 0 Å². The number of halogens is 2. The largest absolute Gasteiger partial charge is 0.423 e. The van der Waals surface area contributed by atoms with Crippen LogP contribution in [0, 0.1) is 17.8 Å². The van der Waals surface area contributed by atoms with Crippen LogP contribution in [0.5, 0.6) is 5.75 Å². The first-order valence-corrected chi connectivity index (χ1v) is 12.7. The molecule has 0 radical (unpaired) electrons. The first-order chi connectivity index (χ1) is 15.5. The number of carbonyl (C=O) groups is 1. The minimum Gasteiger partial charge on any atom is -0.423 e. The van der Waals surface area contributed by atoms with E-state index in [1.165, 1.54) is 63.4 Å². The smallest absolute Gasteiger partial charge is 0.345 e. The number of esters is 1. The highest BCUT2D eigenvalue weighted by atomic mass is 35.5. The molecule has 0 heterocycles. The van der Waals surface area contributed by atoms with E-state index in [-0.39, 0.29) is 0 Å². The highest BCUT2D eigenvalue weighted by Crippen LogP contribution is 2.44. The number of benzene rings is 2. The molecular weight excluding hydrogens is 439 g/mol. The lowest BCUT2D eigenvalue weighted by Crippen LogP contribution is -2.25. The molecule has 0 aliphatic heterocycles. The molecule has 170 valence electrons. The molecule has 0 bridgehead atoms. The normalized spacial score (nSPS) is 25.8. The van der Waals surface area contributed by atoms with Gasteiger partial charge in [-0.2, -0.15) is 0 Å². The summed E-state index contributed by atoms with van der Waals surface area (Å²) < 4.78 is 5.51. The summed E-state index contributed by atoms with van der Waals surface area (Å²) in [4.78, 5) is 12.4. The zero-order valence-corrected chi connectivity index (χ0v) is 20.1. The van der Waals surface area contributed by atoms with Crippen molar-refractivity contribution in [3.8, 4) is 5.75 Å². The van der Waals surface area contributed by atoms with E-state index in [9.17, 15) is 4.79 Å². The lowest BCUT2D eigenvalue weighted by Gasteiger charge is -2.38. The van der Waals surface area contributed by atoms with Crippen LogP contribution in [0.1, 0.15) is 79.6 Å². The van der Waals surface area contributed by atoms with Crippen molar-refractivity contribution in [1.29, 1.82) is 0 Å². The topological polar surface area (TPSA) is 26.3 Å². The van der Waals surface area contributed by atoms with Crippen molar-refractivity contribution in [3.05, 3.63) is 76.3 Å². The van der Waals surface area contributed by atoms with Crippen LogP contribution in [0.15, 0.2) is 55.1 Å². The summed E-state index contributed by atoms with van der Waals surface area (Å²) in [5.41, 5.74) is 1.67. The van der Waals surface area contributed by atoms with Crippen LogP contribution < -0.4 is 4.74 Å². The third-order valence-corrected chi connectivity index (χ3v) is 8.09. The van der Waals surface area contributed by atoms with Gasteiger partial charge >= 0.3 is 5.97 Å². The zero-order chi connectivity index (χ0) is 22.5. The van der Waals surface area contributed by atoms with Crippen LogP contribution in [0.4, 0.5) is 0 Å². The lowest BCUT2D eigenvalue weighted by molar-refractivity contribution is 0.0735. The van der Waals surface area contributed by atoms with E-state index in [1.54, 1.807) is 18.2 Å².